The maximum Gasteiger partial charge on any atom is 0.293 e. The average Bonchev–Trinajstić information content (AvgIpc) is 3.04. The standard InChI is InChI=1S/C16H22N4O3/c1-19-8-6-17-15(16(19)22)20-7-2-3-12(10-20)18-9-13-4-5-14(11-21)23-13/h4-6,8,12,18,21H,2-3,7,9-11H2,1H3. The summed E-state index contributed by atoms with van der Waals surface area (Å²) >= 11 is 0. The van der Waals surface area contributed by atoms with E-state index >= 15 is 0 Å². The number of anilines is 1. The predicted molar refractivity (Wildman–Crippen MR) is 86.2 cm³/mol. The van der Waals surface area contributed by atoms with Crippen LogP contribution in [0.3, 0.4) is 0 Å². The van der Waals surface area contributed by atoms with Crippen LogP contribution in [0.1, 0.15) is 24.4 Å². The predicted octanol–water partition coefficient (Wildman–Crippen LogP) is 0.624. The molecule has 23 heavy (non-hydrogen) atoms. The molecule has 124 valence electrons. The summed E-state index contributed by atoms with van der Waals surface area (Å²) < 4.78 is 7.03. The molecular formula is C16H22N4O3. The molecule has 0 saturated carbocycles. The van der Waals surface area contributed by atoms with Gasteiger partial charge in [0, 0.05) is 38.6 Å². The first-order chi connectivity index (χ1) is 11.2. The first kappa shape index (κ1) is 15.8. The molecule has 2 N–H and O–H groups in total. The molecule has 0 radical (unpaired) electrons. The molecule has 1 aliphatic heterocycles. The van der Waals surface area contributed by atoms with Gasteiger partial charge in [-0.05, 0) is 25.0 Å². The molecule has 1 saturated heterocycles. The Labute approximate surface area is 134 Å². The van der Waals surface area contributed by atoms with Crippen molar-refractivity contribution in [3.63, 3.8) is 0 Å². The van der Waals surface area contributed by atoms with Crippen molar-refractivity contribution in [3.05, 3.63) is 46.4 Å². The number of aryl methyl sites for hydroxylation is 1. The minimum Gasteiger partial charge on any atom is -0.462 e. The maximum absolute atomic E-state index is 12.2. The highest BCUT2D eigenvalue weighted by Gasteiger charge is 2.22. The number of hydrogen-bond donors (Lipinski definition) is 2. The van der Waals surface area contributed by atoms with Crippen LogP contribution in [-0.2, 0) is 20.2 Å². The maximum atomic E-state index is 12.2. The second-order valence-corrected chi connectivity index (χ2v) is 5.86. The van der Waals surface area contributed by atoms with Gasteiger partial charge in [0.25, 0.3) is 5.56 Å². The Bertz CT molecular complexity index is 709. The number of furan rings is 1. The number of aromatic nitrogens is 2. The molecule has 1 atom stereocenters. The molecule has 0 bridgehead atoms. The van der Waals surface area contributed by atoms with Crippen molar-refractivity contribution < 1.29 is 9.52 Å². The Hall–Kier alpha value is -2.12. The van der Waals surface area contributed by atoms with Crippen molar-refractivity contribution in [2.75, 3.05) is 18.0 Å². The topological polar surface area (TPSA) is 83.5 Å². The minimum absolute atomic E-state index is 0.0632. The fraction of sp³-hybridized carbons (Fsp3) is 0.500. The molecule has 7 nitrogen and oxygen atoms in total. The smallest absolute Gasteiger partial charge is 0.293 e. The van der Waals surface area contributed by atoms with Crippen LogP contribution in [0.15, 0.2) is 33.7 Å². The Morgan fingerprint density at radius 1 is 1.43 bits per heavy atom. The second kappa shape index (κ2) is 6.97. The van der Waals surface area contributed by atoms with Crippen LogP contribution < -0.4 is 15.8 Å². The lowest BCUT2D eigenvalue weighted by molar-refractivity contribution is 0.242. The first-order valence-corrected chi connectivity index (χ1v) is 7.86. The molecule has 0 spiro atoms. The molecule has 2 aromatic rings. The fourth-order valence-electron chi connectivity index (χ4n) is 2.88. The number of aliphatic hydroxyl groups excluding tert-OH is 1. The number of piperidine rings is 1. The van der Waals surface area contributed by atoms with Gasteiger partial charge in [-0.3, -0.25) is 4.79 Å². The largest absolute Gasteiger partial charge is 0.462 e. The Morgan fingerprint density at radius 2 is 2.26 bits per heavy atom. The van der Waals surface area contributed by atoms with E-state index in [-0.39, 0.29) is 18.2 Å². The van der Waals surface area contributed by atoms with Gasteiger partial charge in [-0.15, -0.1) is 0 Å². The first-order valence-electron chi connectivity index (χ1n) is 7.86. The molecule has 3 rings (SSSR count). The zero-order valence-electron chi connectivity index (χ0n) is 13.2. The van der Waals surface area contributed by atoms with E-state index in [1.807, 2.05) is 11.0 Å². The van der Waals surface area contributed by atoms with Crippen molar-refractivity contribution in [3.8, 4) is 0 Å². The normalized spacial score (nSPS) is 18.3. The monoisotopic (exact) mass is 318 g/mol. The second-order valence-electron chi connectivity index (χ2n) is 5.86. The fourth-order valence-corrected chi connectivity index (χ4v) is 2.88. The van der Waals surface area contributed by atoms with Crippen LogP contribution in [0.4, 0.5) is 5.82 Å². The van der Waals surface area contributed by atoms with E-state index < -0.39 is 0 Å². The number of nitrogens with zero attached hydrogens (tertiary/aromatic N) is 3. The van der Waals surface area contributed by atoms with Gasteiger partial charge in [0.05, 0.1) is 6.54 Å². The molecule has 0 aromatic carbocycles. The lowest BCUT2D eigenvalue weighted by Gasteiger charge is -2.33. The van der Waals surface area contributed by atoms with E-state index in [0.29, 0.717) is 18.1 Å². The molecule has 3 heterocycles. The lowest BCUT2D eigenvalue weighted by atomic mass is 10.1. The van der Waals surface area contributed by atoms with E-state index in [2.05, 4.69) is 10.3 Å². The number of nitrogens with one attached hydrogen (secondary N) is 1. The minimum atomic E-state index is -0.0832. The molecule has 0 aliphatic carbocycles. The zero-order chi connectivity index (χ0) is 16.2. The van der Waals surface area contributed by atoms with Gasteiger partial charge in [0.1, 0.15) is 18.1 Å². The number of aliphatic hydroxyl groups is 1. The summed E-state index contributed by atoms with van der Waals surface area (Å²) in [6.07, 6.45) is 5.39. The van der Waals surface area contributed by atoms with Crippen molar-refractivity contribution in [1.29, 1.82) is 0 Å². The summed E-state index contributed by atoms with van der Waals surface area (Å²) in [6, 6.07) is 3.92. The molecule has 0 amide bonds. The van der Waals surface area contributed by atoms with Crippen LogP contribution in [0, 0.1) is 0 Å². The summed E-state index contributed by atoms with van der Waals surface area (Å²) in [5.41, 5.74) is -0.0632. The molecule has 1 unspecified atom stereocenters. The van der Waals surface area contributed by atoms with Gasteiger partial charge in [0.15, 0.2) is 5.82 Å². The molecule has 1 fully saturated rings. The highest BCUT2D eigenvalue weighted by atomic mass is 16.4. The van der Waals surface area contributed by atoms with E-state index in [1.165, 1.54) is 0 Å². The van der Waals surface area contributed by atoms with E-state index in [1.54, 1.807) is 30.1 Å². The average molecular weight is 318 g/mol. The quantitative estimate of drug-likeness (QED) is 0.841. The number of hydrogen-bond acceptors (Lipinski definition) is 6. The van der Waals surface area contributed by atoms with Gasteiger partial charge >= 0.3 is 0 Å². The summed E-state index contributed by atoms with van der Waals surface area (Å²) in [7, 11) is 1.74. The summed E-state index contributed by atoms with van der Waals surface area (Å²) in [4.78, 5) is 18.5. The van der Waals surface area contributed by atoms with Gasteiger partial charge in [-0.1, -0.05) is 0 Å². The molecular weight excluding hydrogens is 296 g/mol. The number of rotatable bonds is 5. The third-order valence-electron chi connectivity index (χ3n) is 4.16. The van der Waals surface area contributed by atoms with Crippen LogP contribution in [0.25, 0.3) is 0 Å². The van der Waals surface area contributed by atoms with Crippen LogP contribution in [0.5, 0.6) is 0 Å². The highest BCUT2D eigenvalue weighted by molar-refractivity contribution is 5.36. The Kier molecular flexibility index (Phi) is 4.78. The van der Waals surface area contributed by atoms with E-state index in [0.717, 1.165) is 31.7 Å². The third kappa shape index (κ3) is 3.62. The van der Waals surface area contributed by atoms with E-state index in [9.17, 15) is 4.79 Å². The van der Waals surface area contributed by atoms with Crippen molar-refractivity contribution in [2.24, 2.45) is 7.05 Å². The van der Waals surface area contributed by atoms with E-state index in [4.69, 9.17) is 9.52 Å². The zero-order valence-corrected chi connectivity index (χ0v) is 13.2. The molecule has 2 aromatic heterocycles. The Morgan fingerprint density at radius 3 is 3.04 bits per heavy atom. The summed E-state index contributed by atoms with van der Waals surface area (Å²) in [5.74, 6) is 1.89. The molecule has 1 aliphatic rings. The van der Waals surface area contributed by atoms with Gasteiger partial charge in [-0.2, -0.15) is 0 Å². The SMILES string of the molecule is Cn1ccnc(N2CCCC(NCc3ccc(CO)o3)C2)c1=O. The summed E-state index contributed by atoms with van der Waals surface area (Å²) in [6.45, 7) is 2.12. The lowest BCUT2D eigenvalue weighted by Crippen LogP contribution is -2.47. The van der Waals surface area contributed by atoms with Crippen LogP contribution in [-0.4, -0.2) is 33.8 Å². The van der Waals surface area contributed by atoms with Crippen LogP contribution >= 0.6 is 0 Å². The van der Waals surface area contributed by atoms with Gasteiger partial charge in [0.2, 0.25) is 0 Å². The van der Waals surface area contributed by atoms with Crippen molar-refractivity contribution in [1.82, 2.24) is 14.9 Å². The third-order valence-corrected chi connectivity index (χ3v) is 4.16. The van der Waals surface area contributed by atoms with Gasteiger partial charge in [-0.25, -0.2) is 4.98 Å². The summed E-state index contributed by atoms with van der Waals surface area (Å²) in [5, 5.41) is 12.5. The Balaban J connectivity index is 1.62. The van der Waals surface area contributed by atoms with Crippen molar-refractivity contribution in [2.45, 2.75) is 32.0 Å². The molecule has 7 heteroatoms. The van der Waals surface area contributed by atoms with Crippen molar-refractivity contribution >= 4 is 5.82 Å². The highest BCUT2D eigenvalue weighted by Crippen LogP contribution is 2.15. The van der Waals surface area contributed by atoms with Gasteiger partial charge < -0.3 is 24.3 Å². The van der Waals surface area contributed by atoms with Crippen LogP contribution in [0.2, 0.25) is 0 Å².